The van der Waals surface area contributed by atoms with Crippen LogP contribution in [0.4, 0.5) is 14.9 Å². The molecule has 1 N–H and O–H groups in total. The summed E-state index contributed by atoms with van der Waals surface area (Å²) in [7, 11) is 0. The van der Waals surface area contributed by atoms with Crippen LogP contribution in [0.5, 0.6) is 0 Å². The summed E-state index contributed by atoms with van der Waals surface area (Å²) in [5.41, 5.74) is 1.54. The van der Waals surface area contributed by atoms with E-state index < -0.39 is 0 Å². The van der Waals surface area contributed by atoms with Crippen molar-refractivity contribution in [3.05, 3.63) is 66.0 Å². The third kappa shape index (κ3) is 4.41. The zero-order valence-corrected chi connectivity index (χ0v) is 15.4. The molecule has 1 fully saturated rings. The van der Waals surface area contributed by atoms with E-state index in [9.17, 15) is 9.18 Å². The SMILES string of the molecule is CC(C)(C)[C@H]1CN(C(=O)Nc2ccc(F)cc2)C[C@@H](c2ccccc2)O1. The van der Waals surface area contributed by atoms with Gasteiger partial charge in [0, 0.05) is 12.2 Å². The number of rotatable bonds is 2. The highest BCUT2D eigenvalue weighted by molar-refractivity contribution is 5.89. The highest BCUT2D eigenvalue weighted by Gasteiger charge is 2.37. The van der Waals surface area contributed by atoms with Crippen molar-refractivity contribution in [1.82, 2.24) is 4.90 Å². The van der Waals surface area contributed by atoms with E-state index in [-0.39, 0.29) is 29.5 Å². The Kier molecular flexibility index (Phi) is 5.28. The van der Waals surface area contributed by atoms with Crippen molar-refractivity contribution in [3.63, 3.8) is 0 Å². The molecule has 0 bridgehead atoms. The Morgan fingerprint density at radius 3 is 2.35 bits per heavy atom. The number of carbonyl (C=O) groups is 1. The molecule has 0 aliphatic carbocycles. The number of benzene rings is 2. The van der Waals surface area contributed by atoms with Gasteiger partial charge in [0.15, 0.2) is 0 Å². The van der Waals surface area contributed by atoms with Gasteiger partial charge in [0.05, 0.1) is 12.6 Å². The molecule has 2 aromatic carbocycles. The van der Waals surface area contributed by atoms with Gasteiger partial charge >= 0.3 is 6.03 Å². The second kappa shape index (κ2) is 7.46. The van der Waals surface area contributed by atoms with Crippen molar-refractivity contribution in [2.45, 2.75) is 33.0 Å². The molecular weight excluding hydrogens is 331 g/mol. The summed E-state index contributed by atoms with van der Waals surface area (Å²) in [5, 5.41) is 2.85. The number of ether oxygens (including phenoxy) is 1. The van der Waals surface area contributed by atoms with Crippen molar-refractivity contribution in [2.75, 3.05) is 18.4 Å². The van der Waals surface area contributed by atoms with Gasteiger partial charge < -0.3 is 15.0 Å². The monoisotopic (exact) mass is 356 g/mol. The fourth-order valence-electron chi connectivity index (χ4n) is 2.99. The lowest BCUT2D eigenvalue weighted by Crippen LogP contribution is -2.52. The van der Waals surface area contributed by atoms with Crippen LogP contribution < -0.4 is 5.32 Å². The first kappa shape index (κ1) is 18.4. The van der Waals surface area contributed by atoms with Gasteiger partial charge in [0.2, 0.25) is 0 Å². The van der Waals surface area contributed by atoms with Crippen LogP contribution in [-0.2, 0) is 4.74 Å². The predicted molar refractivity (Wildman–Crippen MR) is 101 cm³/mol. The van der Waals surface area contributed by atoms with Crippen molar-refractivity contribution in [3.8, 4) is 0 Å². The molecule has 26 heavy (non-hydrogen) atoms. The second-order valence-electron chi connectivity index (χ2n) is 7.73. The van der Waals surface area contributed by atoms with Crippen molar-refractivity contribution < 1.29 is 13.9 Å². The predicted octanol–water partition coefficient (Wildman–Crippen LogP) is 4.85. The molecule has 1 aliphatic rings. The van der Waals surface area contributed by atoms with Crippen LogP contribution in [0.25, 0.3) is 0 Å². The zero-order valence-electron chi connectivity index (χ0n) is 15.4. The van der Waals surface area contributed by atoms with Crippen molar-refractivity contribution in [2.24, 2.45) is 5.41 Å². The Morgan fingerprint density at radius 1 is 1.08 bits per heavy atom. The van der Waals surface area contributed by atoms with Crippen LogP contribution in [0.15, 0.2) is 54.6 Å². The van der Waals surface area contributed by atoms with E-state index in [4.69, 9.17) is 4.74 Å². The highest BCUT2D eigenvalue weighted by Crippen LogP contribution is 2.33. The summed E-state index contributed by atoms with van der Waals surface area (Å²) in [6.45, 7) is 7.33. The van der Waals surface area contributed by atoms with Gasteiger partial charge in [0.1, 0.15) is 11.9 Å². The minimum absolute atomic E-state index is 0.0829. The van der Waals surface area contributed by atoms with Gasteiger partial charge in [-0.1, -0.05) is 51.1 Å². The molecule has 3 rings (SSSR count). The van der Waals surface area contributed by atoms with E-state index in [2.05, 4.69) is 26.1 Å². The molecule has 5 heteroatoms. The number of nitrogens with zero attached hydrogens (tertiary/aromatic N) is 1. The Balaban J connectivity index is 1.78. The van der Waals surface area contributed by atoms with Crippen LogP contribution in [0, 0.1) is 11.2 Å². The average Bonchev–Trinajstić information content (AvgIpc) is 2.63. The molecule has 4 nitrogen and oxygen atoms in total. The number of hydrogen-bond donors (Lipinski definition) is 1. The van der Waals surface area contributed by atoms with Crippen molar-refractivity contribution in [1.29, 1.82) is 0 Å². The minimum atomic E-state index is -0.327. The number of carbonyl (C=O) groups excluding carboxylic acids is 1. The zero-order chi connectivity index (χ0) is 18.7. The normalized spacial score (nSPS) is 20.7. The van der Waals surface area contributed by atoms with Gasteiger partial charge in [-0.05, 0) is 35.2 Å². The summed E-state index contributed by atoms with van der Waals surface area (Å²) in [5.74, 6) is -0.327. The van der Waals surface area contributed by atoms with E-state index in [1.807, 2.05) is 30.3 Å². The molecule has 2 atom stereocenters. The molecule has 2 aromatic rings. The van der Waals surface area contributed by atoms with Gasteiger partial charge in [-0.2, -0.15) is 0 Å². The third-order valence-corrected chi connectivity index (χ3v) is 4.62. The van der Waals surface area contributed by atoms with Gasteiger partial charge in [0.25, 0.3) is 0 Å². The number of anilines is 1. The second-order valence-corrected chi connectivity index (χ2v) is 7.73. The van der Waals surface area contributed by atoms with Crippen LogP contribution >= 0.6 is 0 Å². The van der Waals surface area contributed by atoms with E-state index in [1.165, 1.54) is 12.1 Å². The Morgan fingerprint density at radius 2 is 1.73 bits per heavy atom. The lowest BCUT2D eigenvalue weighted by atomic mass is 9.87. The first-order valence-corrected chi connectivity index (χ1v) is 8.85. The molecule has 1 saturated heterocycles. The maximum atomic E-state index is 13.1. The van der Waals surface area contributed by atoms with Crippen LogP contribution in [0.2, 0.25) is 0 Å². The average molecular weight is 356 g/mol. The Bertz CT molecular complexity index is 741. The van der Waals surface area contributed by atoms with E-state index in [1.54, 1.807) is 17.0 Å². The lowest BCUT2D eigenvalue weighted by Gasteiger charge is -2.43. The summed E-state index contributed by atoms with van der Waals surface area (Å²) < 4.78 is 19.4. The largest absolute Gasteiger partial charge is 0.366 e. The maximum absolute atomic E-state index is 13.1. The maximum Gasteiger partial charge on any atom is 0.322 e. The van der Waals surface area contributed by atoms with Gasteiger partial charge in [-0.25, -0.2) is 9.18 Å². The molecule has 1 heterocycles. The number of amides is 2. The molecule has 1 aliphatic heterocycles. The highest BCUT2D eigenvalue weighted by atomic mass is 19.1. The molecule has 2 amide bonds. The number of nitrogens with one attached hydrogen (secondary N) is 1. The number of hydrogen-bond acceptors (Lipinski definition) is 2. The molecule has 138 valence electrons. The number of morpholine rings is 1. The molecule has 0 radical (unpaired) electrons. The van der Waals surface area contributed by atoms with E-state index >= 15 is 0 Å². The molecular formula is C21H25FN2O2. The molecule has 0 saturated carbocycles. The number of halogens is 1. The minimum Gasteiger partial charge on any atom is -0.366 e. The first-order chi connectivity index (χ1) is 12.3. The Labute approximate surface area is 154 Å². The van der Waals surface area contributed by atoms with Crippen LogP contribution in [0.1, 0.15) is 32.4 Å². The quantitative estimate of drug-likeness (QED) is 0.836. The van der Waals surface area contributed by atoms with Gasteiger partial charge in [-0.3, -0.25) is 0 Å². The first-order valence-electron chi connectivity index (χ1n) is 8.85. The smallest absolute Gasteiger partial charge is 0.322 e. The van der Waals surface area contributed by atoms with Crippen molar-refractivity contribution >= 4 is 11.7 Å². The van der Waals surface area contributed by atoms with E-state index in [0.717, 1.165) is 5.56 Å². The lowest BCUT2D eigenvalue weighted by molar-refractivity contribution is -0.117. The summed E-state index contributed by atoms with van der Waals surface area (Å²) in [6, 6.07) is 15.5. The summed E-state index contributed by atoms with van der Waals surface area (Å²) >= 11 is 0. The molecule has 0 unspecified atom stereocenters. The van der Waals surface area contributed by atoms with Crippen LogP contribution in [-0.4, -0.2) is 30.1 Å². The fraction of sp³-hybridized carbons (Fsp3) is 0.381. The summed E-state index contributed by atoms with van der Waals surface area (Å²) in [4.78, 5) is 14.5. The van der Waals surface area contributed by atoms with Crippen LogP contribution in [0.3, 0.4) is 0 Å². The third-order valence-electron chi connectivity index (χ3n) is 4.62. The standard InChI is InChI=1S/C21H25FN2O2/c1-21(2,3)19-14-24(13-18(26-19)15-7-5-4-6-8-15)20(25)23-17-11-9-16(22)10-12-17/h4-12,18-19H,13-14H2,1-3H3,(H,23,25)/t18-,19+/m0/s1. The summed E-state index contributed by atoms with van der Waals surface area (Å²) in [6.07, 6.45) is -0.256. The molecule has 0 spiro atoms. The fourth-order valence-corrected chi connectivity index (χ4v) is 2.99. The molecule has 0 aromatic heterocycles. The number of urea groups is 1. The Hall–Kier alpha value is -2.40. The topological polar surface area (TPSA) is 41.6 Å². The van der Waals surface area contributed by atoms with E-state index in [0.29, 0.717) is 18.8 Å². The van der Waals surface area contributed by atoms with Gasteiger partial charge in [-0.15, -0.1) is 0 Å².